The maximum absolute atomic E-state index is 12.9. The molecule has 0 spiro atoms. The summed E-state index contributed by atoms with van der Waals surface area (Å²) >= 11 is 1.34. The number of nitrogens with zero attached hydrogens (tertiary/aromatic N) is 5. The Morgan fingerprint density at radius 1 is 1.33 bits per heavy atom. The van der Waals surface area contributed by atoms with Crippen LogP contribution in [-0.4, -0.2) is 101 Å². The minimum absolute atomic E-state index is 0.0843. The predicted octanol–water partition coefficient (Wildman–Crippen LogP) is 0.329. The van der Waals surface area contributed by atoms with Crippen LogP contribution in [0.2, 0.25) is 0 Å². The van der Waals surface area contributed by atoms with Crippen molar-refractivity contribution in [2.24, 2.45) is 0 Å². The van der Waals surface area contributed by atoms with Gasteiger partial charge >= 0.3 is 0 Å². The number of aromatic nitrogens is 2. The second-order valence-electron chi connectivity index (χ2n) is 8.61. The van der Waals surface area contributed by atoms with E-state index in [-0.39, 0.29) is 36.0 Å². The number of nitrogens with one attached hydrogen (secondary N) is 1. The normalized spacial score (nSPS) is 30.3. The van der Waals surface area contributed by atoms with Crippen molar-refractivity contribution in [1.82, 2.24) is 29.6 Å². The van der Waals surface area contributed by atoms with Gasteiger partial charge < -0.3 is 15.0 Å². The molecule has 1 N–H and O–H groups in total. The molecule has 3 aliphatic heterocycles. The molecular weight excluding hydrogens is 404 g/mol. The lowest BCUT2D eigenvalue weighted by molar-refractivity contribution is -0.133. The van der Waals surface area contributed by atoms with Gasteiger partial charge in [-0.2, -0.15) is 0 Å². The number of rotatable bonds is 7. The summed E-state index contributed by atoms with van der Waals surface area (Å²) in [6.45, 7) is 3.54. The highest BCUT2D eigenvalue weighted by atomic mass is 32.1. The Morgan fingerprint density at radius 2 is 2.20 bits per heavy atom. The zero-order valence-electron chi connectivity index (χ0n) is 17.8. The number of hydrogen-bond donors (Lipinski definition) is 1. The number of carbonyl (C=O) groups is 2. The lowest BCUT2D eigenvalue weighted by Crippen LogP contribution is -2.49. The van der Waals surface area contributed by atoms with Crippen molar-refractivity contribution in [2.45, 2.75) is 62.8 Å². The summed E-state index contributed by atoms with van der Waals surface area (Å²) in [7, 11) is 3.79. The third kappa shape index (κ3) is 4.51. The molecule has 4 rings (SSSR count). The van der Waals surface area contributed by atoms with Gasteiger partial charge in [-0.25, -0.2) is 0 Å². The molecule has 3 aliphatic rings. The van der Waals surface area contributed by atoms with Crippen LogP contribution in [0.5, 0.6) is 0 Å². The summed E-state index contributed by atoms with van der Waals surface area (Å²) in [5.41, 5.74) is 0.915. The van der Waals surface area contributed by atoms with Crippen LogP contribution in [-0.2, 0) is 20.9 Å². The number of carbonyl (C=O) groups excluding carboxylic acids is 2. The van der Waals surface area contributed by atoms with Crippen LogP contribution in [0.25, 0.3) is 0 Å². The fraction of sp³-hybridized carbons (Fsp3) is 0.800. The van der Waals surface area contributed by atoms with Crippen LogP contribution in [0.15, 0.2) is 5.38 Å². The van der Waals surface area contributed by atoms with Crippen molar-refractivity contribution in [3.63, 3.8) is 0 Å². The zero-order chi connectivity index (χ0) is 21.1. The Labute approximate surface area is 181 Å². The summed E-state index contributed by atoms with van der Waals surface area (Å²) in [6.07, 6.45) is 4.28. The predicted molar refractivity (Wildman–Crippen MR) is 113 cm³/mol. The zero-order valence-corrected chi connectivity index (χ0v) is 18.6. The summed E-state index contributed by atoms with van der Waals surface area (Å²) in [4.78, 5) is 32.2. The third-order valence-electron chi connectivity index (χ3n) is 6.87. The van der Waals surface area contributed by atoms with Gasteiger partial charge in [-0.3, -0.25) is 19.4 Å². The molecule has 0 bridgehead atoms. The van der Waals surface area contributed by atoms with Gasteiger partial charge in [-0.05, 0) is 44.3 Å². The van der Waals surface area contributed by atoms with E-state index in [0.717, 1.165) is 44.5 Å². The molecule has 166 valence electrons. The quantitative estimate of drug-likeness (QED) is 0.659. The molecule has 9 nitrogen and oxygen atoms in total. The van der Waals surface area contributed by atoms with Crippen molar-refractivity contribution in [1.29, 1.82) is 0 Å². The molecule has 3 fully saturated rings. The lowest BCUT2D eigenvalue weighted by atomic mass is 10.0. The molecule has 0 radical (unpaired) electrons. The molecule has 0 aromatic carbocycles. The molecule has 4 heterocycles. The lowest BCUT2D eigenvalue weighted by Gasteiger charge is -2.33. The van der Waals surface area contributed by atoms with E-state index in [4.69, 9.17) is 4.74 Å². The van der Waals surface area contributed by atoms with Gasteiger partial charge in [-0.1, -0.05) is 4.49 Å². The van der Waals surface area contributed by atoms with Gasteiger partial charge in [0.25, 0.3) is 0 Å². The van der Waals surface area contributed by atoms with Crippen molar-refractivity contribution in [3.8, 4) is 0 Å². The molecule has 30 heavy (non-hydrogen) atoms. The topological polar surface area (TPSA) is 90.9 Å². The molecule has 4 unspecified atom stereocenters. The SMILES string of the molecule is COCC1CCCN1C(=O)CCC1CNC(=O)C2C(CCN2Cc2csnn2)N1C. The van der Waals surface area contributed by atoms with E-state index in [1.165, 1.54) is 11.5 Å². The van der Waals surface area contributed by atoms with Crippen molar-refractivity contribution < 1.29 is 14.3 Å². The highest BCUT2D eigenvalue weighted by Gasteiger charge is 2.45. The average molecular weight is 437 g/mol. The standard InChI is InChI=1S/C20H32N6O3S/c1-24-15(5-6-18(27)26-8-3-4-16(26)12-29-2)10-21-20(28)19-17(24)7-9-25(19)11-14-13-30-23-22-14/h13,15-17,19H,3-12H2,1-2H3,(H,21,28). The second-order valence-corrected chi connectivity index (χ2v) is 9.22. The fourth-order valence-electron chi connectivity index (χ4n) is 5.25. The molecule has 1 aromatic rings. The number of likely N-dealkylation sites (N-methyl/N-ethyl adjacent to an activating group) is 1. The molecule has 0 aliphatic carbocycles. The number of amides is 2. The second kappa shape index (κ2) is 9.67. The van der Waals surface area contributed by atoms with Crippen LogP contribution in [0.3, 0.4) is 0 Å². The maximum atomic E-state index is 12.9. The van der Waals surface area contributed by atoms with Crippen molar-refractivity contribution >= 4 is 23.3 Å². The van der Waals surface area contributed by atoms with Gasteiger partial charge in [-0.15, -0.1) is 5.10 Å². The van der Waals surface area contributed by atoms with Gasteiger partial charge in [0.2, 0.25) is 11.8 Å². The fourth-order valence-corrected chi connectivity index (χ4v) is 5.69. The highest BCUT2D eigenvalue weighted by Crippen LogP contribution is 2.29. The van der Waals surface area contributed by atoms with Crippen LogP contribution in [0.1, 0.15) is 37.8 Å². The van der Waals surface area contributed by atoms with Crippen LogP contribution < -0.4 is 5.32 Å². The van der Waals surface area contributed by atoms with Crippen LogP contribution in [0.4, 0.5) is 0 Å². The van der Waals surface area contributed by atoms with Crippen molar-refractivity contribution in [3.05, 3.63) is 11.1 Å². The first-order chi connectivity index (χ1) is 14.6. The molecule has 1 aromatic heterocycles. The monoisotopic (exact) mass is 436 g/mol. The minimum atomic E-state index is -0.179. The highest BCUT2D eigenvalue weighted by molar-refractivity contribution is 7.03. The summed E-state index contributed by atoms with van der Waals surface area (Å²) < 4.78 is 9.21. The van der Waals surface area contributed by atoms with Crippen LogP contribution >= 0.6 is 11.5 Å². The average Bonchev–Trinajstić information content (AvgIpc) is 3.47. The number of ether oxygens (including phenoxy) is 1. The van der Waals surface area contributed by atoms with E-state index in [9.17, 15) is 9.59 Å². The van der Waals surface area contributed by atoms with E-state index in [0.29, 0.717) is 26.1 Å². The van der Waals surface area contributed by atoms with Gasteiger partial charge in [0.05, 0.1) is 18.3 Å². The first kappa shape index (κ1) is 21.6. The number of methoxy groups -OCH3 is 1. The number of fused-ring (bicyclic) bond motifs is 1. The Balaban J connectivity index is 1.36. The van der Waals surface area contributed by atoms with E-state index < -0.39 is 0 Å². The molecule has 2 amide bonds. The van der Waals surface area contributed by atoms with E-state index in [1.54, 1.807) is 7.11 Å². The molecule has 3 saturated heterocycles. The van der Waals surface area contributed by atoms with Gasteiger partial charge in [0.15, 0.2) is 0 Å². The van der Waals surface area contributed by atoms with Gasteiger partial charge in [0.1, 0.15) is 6.04 Å². The van der Waals surface area contributed by atoms with E-state index in [2.05, 4.69) is 31.8 Å². The van der Waals surface area contributed by atoms with Gasteiger partial charge in [0, 0.05) is 57.2 Å². The Kier molecular flexibility index (Phi) is 6.97. The smallest absolute Gasteiger partial charge is 0.239 e. The molecule has 10 heteroatoms. The summed E-state index contributed by atoms with van der Waals surface area (Å²) in [5.74, 6) is 0.292. The van der Waals surface area contributed by atoms with E-state index in [1.807, 2.05) is 10.3 Å². The number of likely N-dealkylation sites (tertiary alicyclic amines) is 2. The summed E-state index contributed by atoms with van der Waals surface area (Å²) in [6, 6.07) is 0.355. The number of hydrogen-bond acceptors (Lipinski definition) is 8. The van der Waals surface area contributed by atoms with Crippen molar-refractivity contribution in [2.75, 3.05) is 40.4 Å². The van der Waals surface area contributed by atoms with Crippen LogP contribution in [0, 0.1) is 0 Å². The third-order valence-corrected chi connectivity index (χ3v) is 7.42. The summed E-state index contributed by atoms with van der Waals surface area (Å²) in [5, 5.41) is 9.20. The molecule has 0 saturated carbocycles. The first-order valence-electron chi connectivity index (χ1n) is 10.9. The Hall–Kier alpha value is -1.62. The maximum Gasteiger partial charge on any atom is 0.239 e. The Morgan fingerprint density at radius 3 is 2.97 bits per heavy atom. The molecular formula is C20H32N6O3S. The first-order valence-corrected chi connectivity index (χ1v) is 11.7. The minimum Gasteiger partial charge on any atom is -0.383 e. The Bertz CT molecular complexity index is 732. The largest absolute Gasteiger partial charge is 0.383 e. The van der Waals surface area contributed by atoms with E-state index >= 15 is 0 Å². The molecule has 4 atom stereocenters.